The van der Waals surface area contributed by atoms with Crippen LogP contribution in [0.1, 0.15) is 84.0 Å². The number of carboxylic acid groups (broad SMARTS) is 1. The molecule has 0 unspecified atom stereocenters. The van der Waals surface area contributed by atoms with Crippen molar-refractivity contribution in [3.63, 3.8) is 0 Å². The summed E-state index contributed by atoms with van der Waals surface area (Å²) in [4.78, 5) is 28.2. The van der Waals surface area contributed by atoms with E-state index in [0.717, 1.165) is 19.3 Å². The number of rotatable bonds is 18. The van der Waals surface area contributed by atoms with Gasteiger partial charge in [-0.15, -0.1) is 0 Å². The lowest BCUT2D eigenvalue weighted by molar-refractivity contribution is -0.140. The van der Waals surface area contributed by atoms with E-state index in [1.807, 2.05) is 0 Å². The molecule has 0 aliphatic rings. The molecule has 1 atom stereocenters. The molecule has 0 bridgehead atoms. The van der Waals surface area contributed by atoms with E-state index in [9.17, 15) is 9.36 Å². The van der Waals surface area contributed by atoms with Crippen molar-refractivity contribution in [2.45, 2.75) is 90.0 Å². The number of carboxylic acids is 1. The molecule has 150 valence electrons. The molecule has 25 heavy (non-hydrogen) atoms. The maximum Gasteiger partial charge on any atom is 0.469 e. The lowest BCUT2D eigenvalue weighted by Gasteiger charge is -2.14. The van der Waals surface area contributed by atoms with Gasteiger partial charge in [0.15, 0.2) is 0 Å². The monoisotopic (exact) mass is 381 g/mol. The summed E-state index contributed by atoms with van der Waals surface area (Å²) in [5, 5.41) is 11.7. The van der Waals surface area contributed by atoms with Gasteiger partial charge in [0, 0.05) is 0 Å². The topological polar surface area (TPSA) is 116 Å². The molecule has 0 saturated carbocycles. The van der Waals surface area contributed by atoms with E-state index < -0.39 is 26.4 Å². The summed E-state index contributed by atoms with van der Waals surface area (Å²) in [7, 11) is -4.63. The van der Waals surface area contributed by atoms with Gasteiger partial charge in [0.2, 0.25) is 0 Å². The van der Waals surface area contributed by atoms with Crippen LogP contribution in [0.5, 0.6) is 0 Å². The van der Waals surface area contributed by atoms with Gasteiger partial charge in [-0.05, 0) is 13.0 Å². The standard InChI is InChI=1S/C17H36NO6P/c1-2-3-4-5-6-7-8-9-10-11-12-13-14-18-16(17(19)20)15-24-25(21,22)23/h16,18H,2-15H2,1H3,(H,19,20)(H2,21,22,23)/t16-/m0/s1. The molecule has 0 spiro atoms. The van der Waals surface area contributed by atoms with Gasteiger partial charge in [-0.1, -0.05) is 77.6 Å². The summed E-state index contributed by atoms with van der Waals surface area (Å²) in [5.41, 5.74) is 0. The first-order chi connectivity index (χ1) is 11.9. The van der Waals surface area contributed by atoms with Crippen molar-refractivity contribution in [2.24, 2.45) is 0 Å². The molecule has 0 radical (unpaired) electrons. The molecular formula is C17H36NO6P. The molecule has 0 aliphatic carbocycles. The Bertz CT molecular complexity index is 374. The molecule has 0 fully saturated rings. The van der Waals surface area contributed by atoms with Crippen molar-refractivity contribution in [1.29, 1.82) is 0 Å². The molecular weight excluding hydrogens is 345 g/mol. The highest BCUT2D eigenvalue weighted by atomic mass is 31.2. The number of phosphoric acid groups is 1. The van der Waals surface area contributed by atoms with Crippen LogP contribution in [-0.2, 0) is 13.9 Å². The van der Waals surface area contributed by atoms with Gasteiger partial charge in [-0.25, -0.2) is 4.57 Å². The third-order valence-electron chi connectivity index (χ3n) is 4.13. The van der Waals surface area contributed by atoms with E-state index in [1.54, 1.807) is 0 Å². The van der Waals surface area contributed by atoms with Crippen LogP contribution >= 0.6 is 7.82 Å². The predicted molar refractivity (Wildman–Crippen MR) is 98.5 cm³/mol. The fourth-order valence-electron chi connectivity index (χ4n) is 2.63. The van der Waals surface area contributed by atoms with Gasteiger partial charge >= 0.3 is 13.8 Å². The largest absolute Gasteiger partial charge is 0.480 e. The van der Waals surface area contributed by atoms with Crippen molar-refractivity contribution in [2.75, 3.05) is 13.2 Å². The maximum atomic E-state index is 11.0. The average molecular weight is 381 g/mol. The first-order valence-electron chi connectivity index (χ1n) is 9.53. The molecule has 0 amide bonds. The third-order valence-corrected chi connectivity index (χ3v) is 4.61. The molecule has 4 N–H and O–H groups in total. The van der Waals surface area contributed by atoms with Crippen molar-refractivity contribution in [1.82, 2.24) is 5.32 Å². The quantitative estimate of drug-likeness (QED) is 0.210. The normalized spacial score (nSPS) is 13.1. The predicted octanol–water partition coefficient (Wildman–Crippen LogP) is 3.84. The van der Waals surface area contributed by atoms with Crippen molar-refractivity contribution < 1.29 is 28.8 Å². The number of hydrogen-bond acceptors (Lipinski definition) is 4. The van der Waals surface area contributed by atoms with Crippen LogP contribution in [0.4, 0.5) is 0 Å². The number of phosphoric ester groups is 1. The Balaban J connectivity index is 3.46. The minimum Gasteiger partial charge on any atom is -0.480 e. The van der Waals surface area contributed by atoms with Crippen LogP contribution in [0.2, 0.25) is 0 Å². The van der Waals surface area contributed by atoms with Gasteiger partial charge in [0.05, 0.1) is 6.61 Å². The van der Waals surface area contributed by atoms with Crippen molar-refractivity contribution in [3.8, 4) is 0 Å². The highest BCUT2D eigenvalue weighted by molar-refractivity contribution is 7.46. The smallest absolute Gasteiger partial charge is 0.469 e. The molecule has 0 aromatic rings. The van der Waals surface area contributed by atoms with Crippen LogP contribution in [0.3, 0.4) is 0 Å². The Morgan fingerprint density at radius 2 is 1.36 bits per heavy atom. The van der Waals surface area contributed by atoms with Crippen molar-refractivity contribution >= 4 is 13.8 Å². The van der Waals surface area contributed by atoms with E-state index in [0.29, 0.717) is 6.54 Å². The van der Waals surface area contributed by atoms with Crippen molar-refractivity contribution in [3.05, 3.63) is 0 Å². The van der Waals surface area contributed by atoms with Gasteiger partial charge in [0.25, 0.3) is 0 Å². The Hall–Kier alpha value is -0.460. The maximum absolute atomic E-state index is 11.0. The Kier molecular flexibility index (Phi) is 15.5. The lowest BCUT2D eigenvalue weighted by atomic mass is 10.1. The minimum atomic E-state index is -4.63. The minimum absolute atomic E-state index is 0.499. The van der Waals surface area contributed by atoms with Crippen LogP contribution in [-0.4, -0.2) is 40.1 Å². The first kappa shape index (κ1) is 24.5. The van der Waals surface area contributed by atoms with Crippen LogP contribution in [0.15, 0.2) is 0 Å². The molecule has 0 rings (SSSR count). The van der Waals surface area contributed by atoms with E-state index in [-0.39, 0.29) is 0 Å². The first-order valence-corrected chi connectivity index (χ1v) is 11.1. The number of aliphatic carboxylic acids is 1. The molecule has 0 aromatic heterocycles. The molecule has 0 aliphatic heterocycles. The zero-order chi connectivity index (χ0) is 19.0. The summed E-state index contributed by atoms with van der Waals surface area (Å²) in [6.07, 6.45) is 14.8. The molecule has 0 aromatic carbocycles. The third kappa shape index (κ3) is 18.1. The summed E-state index contributed by atoms with van der Waals surface area (Å²) in [6, 6.07) is -1.10. The molecule has 8 heteroatoms. The second-order valence-corrected chi connectivity index (χ2v) is 7.76. The second kappa shape index (κ2) is 15.8. The molecule has 7 nitrogen and oxygen atoms in total. The zero-order valence-corrected chi connectivity index (χ0v) is 16.4. The Morgan fingerprint density at radius 1 is 0.920 bits per heavy atom. The SMILES string of the molecule is CCCCCCCCCCCCCCN[C@@H](COP(=O)(O)O)C(=O)O. The highest BCUT2D eigenvalue weighted by Crippen LogP contribution is 2.35. The van der Waals surface area contributed by atoms with Gasteiger partial charge in [-0.3, -0.25) is 9.32 Å². The van der Waals surface area contributed by atoms with E-state index >= 15 is 0 Å². The van der Waals surface area contributed by atoms with E-state index in [4.69, 9.17) is 14.9 Å². The average Bonchev–Trinajstić information content (AvgIpc) is 2.53. The van der Waals surface area contributed by atoms with E-state index in [2.05, 4.69) is 16.8 Å². The van der Waals surface area contributed by atoms with Crippen LogP contribution in [0.25, 0.3) is 0 Å². The van der Waals surface area contributed by atoms with Gasteiger partial charge < -0.3 is 20.2 Å². The fourth-order valence-corrected chi connectivity index (χ4v) is 2.97. The van der Waals surface area contributed by atoms with Gasteiger partial charge in [-0.2, -0.15) is 0 Å². The summed E-state index contributed by atoms with van der Waals surface area (Å²) < 4.78 is 14.8. The Labute approximate surface area is 151 Å². The van der Waals surface area contributed by atoms with E-state index in [1.165, 1.54) is 57.8 Å². The number of carbonyl (C=O) groups is 1. The highest BCUT2D eigenvalue weighted by Gasteiger charge is 2.22. The lowest BCUT2D eigenvalue weighted by Crippen LogP contribution is -2.40. The molecule has 0 saturated heterocycles. The zero-order valence-electron chi connectivity index (χ0n) is 15.5. The molecule has 0 heterocycles. The van der Waals surface area contributed by atoms with Crippen LogP contribution in [0, 0.1) is 0 Å². The summed E-state index contributed by atoms with van der Waals surface area (Å²) in [6.45, 7) is 2.18. The summed E-state index contributed by atoms with van der Waals surface area (Å²) >= 11 is 0. The summed E-state index contributed by atoms with van der Waals surface area (Å²) in [5.74, 6) is -1.17. The van der Waals surface area contributed by atoms with Gasteiger partial charge in [0.1, 0.15) is 6.04 Å². The number of unbranched alkanes of at least 4 members (excludes halogenated alkanes) is 11. The number of nitrogens with one attached hydrogen (secondary N) is 1. The Morgan fingerprint density at radius 3 is 1.76 bits per heavy atom. The van der Waals surface area contributed by atoms with Crippen LogP contribution < -0.4 is 5.32 Å². The fraction of sp³-hybridized carbons (Fsp3) is 0.941. The number of hydrogen-bond donors (Lipinski definition) is 4. The second-order valence-electron chi connectivity index (χ2n) is 6.52.